The summed E-state index contributed by atoms with van der Waals surface area (Å²) < 4.78 is 0. The molecule has 1 amide bonds. The minimum atomic E-state index is -0.0630. The monoisotopic (exact) mass is 218 g/mol. The third-order valence-corrected chi connectivity index (χ3v) is 1.87. The van der Waals surface area contributed by atoms with Crippen LogP contribution in [0.25, 0.3) is 0 Å². The maximum absolute atomic E-state index is 10.6. The van der Waals surface area contributed by atoms with Gasteiger partial charge in [0, 0.05) is 26.1 Å². The number of nitrogens with zero attached hydrogens (tertiary/aromatic N) is 1. The van der Waals surface area contributed by atoms with Gasteiger partial charge in [-0.1, -0.05) is 11.8 Å². The van der Waals surface area contributed by atoms with Gasteiger partial charge < -0.3 is 16.8 Å². The second-order valence-corrected chi connectivity index (χ2v) is 3.22. The summed E-state index contributed by atoms with van der Waals surface area (Å²) in [6.07, 6.45) is 3.61. The van der Waals surface area contributed by atoms with E-state index >= 15 is 0 Å². The van der Waals surface area contributed by atoms with Crippen LogP contribution < -0.4 is 16.8 Å². The Kier molecular flexibility index (Phi) is 4.16. The van der Waals surface area contributed by atoms with Gasteiger partial charge in [0.1, 0.15) is 0 Å². The molecule has 1 aromatic heterocycles. The lowest BCUT2D eigenvalue weighted by Gasteiger charge is -2.00. The zero-order valence-corrected chi connectivity index (χ0v) is 9.08. The molecule has 1 aromatic rings. The second-order valence-electron chi connectivity index (χ2n) is 3.22. The minimum Gasteiger partial charge on any atom is -0.396 e. The standard InChI is InChI=1S/C11H14N4O/c1-8(16)15-5-3-2-4-9-6-14-7-10(12)11(9)13/h6-7H,3,5,12H2,1H3,(H2,13,14)(H,15,16). The third kappa shape index (κ3) is 3.50. The maximum atomic E-state index is 10.6. The fourth-order valence-electron chi connectivity index (χ4n) is 1.05. The highest BCUT2D eigenvalue weighted by Gasteiger charge is 1.98. The van der Waals surface area contributed by atoms with E-state index in [-0.39, 0.29) is 5.91 Å². The van der Waals surface area contributed by atoms with Gasteiger partial charge in [-0.05, 0) is 0 Å². The van der Waals surface area contributed by atoms with Crippen LogP contribution >= 0.6 is 0 Å². The van der Waals surface area contributed by atoms with Gasteiger partial charge in [-0.3, -0.25) is 9.78 Å². The first-order chi connectivity index (χ1) is 7.61. The summed E-state index contributed by atoms with van der Waals surface area (Å²) >= 11 is 0. The number of pyridine rings is 1. The van der Waals surface area contributed by atoms with E-state index in [1.165, 1.54) is 13.1 Å². The van der Waals surface area contributed by atoms with Crippen LogP contribution in [0, 0.1) is 11.8 Å². The molecule has 0 aromatic carbocycles. The van der Waals surface area contributed by atoms with Gasteiger partial charge in [0.05, 0.1) is 23.1 Å². The van der Waals surface area contributed by atoms with Crippen LogP contribution in [0.1, 0.15) is 18.9 Å². The lowest BCUT2D eigenvalue weighted by atomic mass is 10.2. The normalized spacial score (nSPS) is 9.06. The Morgan fingerprint density at radius 2 is 2.25 bits per heavy atom. The van der Waals surface area contributed by atoms with Crippen molar-refractivity contribution in [3.05, 3.63) is 18.0 Å². The molecule has 5 heteroatoms. The van der Waals surface area contributed by atoms with E-state index < -0.39 is 0 Å². The van der Waals surface area contributed by atoms with Crippen molar-refractivity contribution >= 4 is 17.3 Å². The predicted octanol–water partition coefficient (Wildman–Crippen LogP) is 0.124. The Morgan fingerprint density at radius 3 is 2.94 bits per heavy atom. The molecule has 0 aliphatic carbocycles. The maximum Gasteiger partial charge on any atom is 0.216 e. The van der Waals surface area contributed by atoms with Crippen LogP contribution in [0.2, 0.25) is 0 Å². The lowest BCUT2D eigenvalue weighted by molar-refractivity contribution is -0.118. The van der Waals surface area contributed by atoms with Crippen molar-refractivity contribution in [2.45, 2.75) is 13.3 Å². The molecule has 0 bridgehead atoms. The Balaban J connectivity index is 2.56. The summed E-state index contributed by atoms with van der Waals surface area (Å²) in [6.45, 7) is 1.99. The first-order valence-corrected chi connectivity index (χ1v) is 4.83. The summed E-state index contributed by atoms with van der Waals surface area (Å²) in [5.74, 6) is 5.68. The number of hydrogen-bond acceptors (Lipinski definition) is 4. The number of nitrogens with one attached hydrogen (secondary N) is 1. The molecule has 0 radical (unpaired) electrons. The summed E-state index contributed by atoms with van der Waals surface area (Å²) in [6, 6.07) is 0. The minimum absolute atomic E-state index is 0.0630. The van der Waals surface area contributed by atoms with Crippen LogP contribution in [0.3, 0.4) is 0 Å². The van der Waals surface area contributed by atoms with Crippen molar-refractivity contribution in [1.82, 2.24) is 10.3 Å². The average Bonchev–Trinajstić information content (AvgIpc) is 2.23. The molecule has 0 fully saturated rings. The second kappa shape index (κ2) is 5.61. The van der Waals surface area contributed by atoms with Gasteiger partial charge in [0.2, 0.25) is 5.91 Å². The van der Waals surface area contributed by atoms with Crippen LogP contribution in [0.15, 0.2) is 12.4 Å². The third-order valence-electron chi connectivity index (χ3n) is 1.87. The Labute approximate surface area is 94.2 Å². The smallest absolute Gasteiger partial charge is 0.216 e. The van der Waals surface area contributed by atoms with E-state index in [0.717, 1.165) is 0 Å². The predicted molar refractivity (Wildman–Crippen MR) is 63.2 cm³/mol. The molecule has 1 heterocycles. The highest BCUT2D eigenvalue weighted by atomic mass is 16.1. The van der Waals surface area contributed by atoms with E-state index in [1.54, 1.807) is 6.20 Å². The zero-order valence-electron chi connectivity index (χ0n) is 9.08. The summed E-state index contributed by atoms with van der Waals surface area (Å²) in [4.78, 5) is 14.5. The number of nitrogens with two attached hydrogens (primary N) is 2. The number of rotatable bonds is 2. The van der Waals surface area contributed by atoms with Crippen molar-refractivity contribution in [3.63, 3.8) is 0 Å². The zero-order chi connectivity index (χ0) is 12.0. The molecule has 84 valence electrons. The average molecular weight is 218 g/mol. The van der Waals surface area contributed by atoms with Crippen LogP contribution in [0.4, 0.5) is 11.4 Å². The lowest BCUT2D eigenvalue weighted by Crippen LogP contribution is -2.20. The van der Waals surface area contributed by atoms with Crippen LogP contribution in [-0.2, 0) is 4.79 Å². The van der Waals surface area contributed by atoms with Gasteiger partial charge in [0.25, 0.3) is 0 Å². The van der Waals surface area contributed by atoms with Crippen molar-refractivity contribution in [2.24, 2.45) is 0 Å². The van der Waals surface area contributed by atoms with E-state index in [2.05, 4.69) is 22.1 Å². The van der Waals surface area contributed by atoms with Gasteiger partial charge in [-0.15, -0.1) is 0 Å². The molecule has 16 heavy (non-hydrogen) atoms. The molecular weight excluding hydrogens is 204 g/mol. The number of amides is 1. The van der Waals surface area contributed by atoms with Crippen molar-refractivity contribution in [1.29, 1.82) is 0 Å². The molecule has 0 spiro atoms. The number of hydrogen-bond donors (Lipinski definition) is 3. The fraction of sp³-hybridized carbons (Fsp3) is 0.273. The van der Waals surface area contributed by atoms with Crippen molar-refractivity contribution in [2.75, 3.05) is 18.0 Å². The molecule has 0 saturated carbocycles. The molecule has 0 aliphatic heterocycles. The summed E-state index contributed by atoms with van der Waals surface area (Å²) in [5.41, 5.74) is 12.8. The number of nitrogen functional groups attached to an aromatic ring is 2. The molecule has 5 N–H and O–H groups in total. The summed E-state index contributed by atoms with van der Waals surface area (Å²) in [7, 11) is 0. The molecule has 5 nitrogen and oxygen atoms in total. The highest BCUT2D eigenvalue weighted by molar-refractivity contribution is 5.72. The first kappa shape index (κ1) is 11.9. The largest absolute Gasteiger partial charge is 0.396 e. The molecule has 0 saturated heterocycles. The van der Waals surface area contributed by atoms with Crippen LogP contribution in [-0.4, -0.2) is 17.4 Å². The first-order valence-electron chi connectivity index (χ1n) is 4.83. The van der Waals surface area contributed by atoms with Gasteiger partial charge >= 0.3 is 0 Å². The SMILES string of the molecule is CC(=O)NCCC#Cc1cncc(N)c1N. The Bertz CT molecular complexity index is 445. The Hall–Kier alpha value is -2.22. The quantitative estimate of drug-likeness (QED) is 0.485. The van der Waals surface area contributed by atoms with E-state index in [4.69, 9.17) is 11.5 Å². The fourth-order valence-corrected chi connectivity index (χ4v) is 1.05. The number of carbonyl (C=O) groups excluding carboxylic acids is 1. The van der Waals surface area contributed by atoms with Crippen molar-refractivity contribution in [3.8, 4) is 11.8 Å². The topological polar surface area (TPSA) is 94.0 Å². The Morgan fingerprint density at radius 1 is 1.50 bits per heavy atom. The molecular formula is C11H14N4O. The van der Waals surface area contributed by atoms with E-state index in [1.807, 2.05) is 0 Å². The molecule has 0 unspecified atom stereocenters. The number of aromatic nitrogens is 1. The number of anilines is 2. The number of carbonyl (C=O) groups is 1. The highest BCUT2D eigenvalue weighted by Crippen LogP contribution is 2.16. The van der Waals surface area contributed by atoms with Crippen molar-refractivity contribution < 1.29 is 4.79 Å². The van der Waals surface area contributed by atoms with Gasteiger partial charge in [-0.2, -0.15) is 0 Å². The summed E-state index contributed by atoms with van der Waals surface area (Å²) in [5, 5.41) is 2.64. The van der Waals surface area contributed by atoms with Gasteiger partial charge in [-0.25, -0.2) is 0 Å². The van der Waals surface area contributed by atoms with Crippen LogP contribution in [0.5, 0.6) is 0 Å². The molecule has 0 aliphatic rings. The molecule has 0 atom stereocenters. The van der Waals surface area contributed by atoms with Gasteiger partial charge in [0.15, 0.2) is 0 Å². The van der Waals surface area contributed by atoms with E-state index in [9.17, 15) is 4.79 Å². The van der Waals surface area contributed by atoms with E-state index in [0.29, 0.717) is 29.9 Å². The molecule has 1 rings (SSSR count).